The first-order chi connectivity index (χ1) is 10.2. The molecule has 0 atom stereocenters. The van der Waals surface area contributed by atoms with Crippen LogP contribution < -0.4 is 15.4 Å². The number of hydrogen-bond acceptors (Lipinski definition) is 2. The largest absolute Gasteiger partial charge is 0.489 e. The summed E-state index contributed by atoms with van der Waals surface area (Å²) in [6, 6.07) is 3.26. The van der Waals surface area contributed by atoms with Crippen molar-refractivity contribution < 1.29 is 13.5 Å². The molecule has 1 saturated carbocycles. The Morgan fingerprint density at radius 1 is 1.27 bits per heavy atom. The van der Waals surface area contributed by atoms with Gasteiger partial charge in [-0.25, -0.2) is 8.78 Å². The second-order valence-corrected chi connectivity index (χ2v) is 5.08. The minimum Gasteiger partial charge on any atom is -0.489 e. The van der Waals surface area contributed by atoms with Gasteiger partial charge in [-0.1, -0.05) is 12.8 Å². The van der Waals surface area contributed by atoms with Crippen LogP contribution in [0, 0.1) is 17.6 Å². The highest BCUT2D eigenvalue weighted by atomic mass is 127. The molecule has 22 heavy (non-hydrogen) atoms. The number of rotatable bonds is 7. The molecule has 0 unspecified atom stereocenters. The Bertz CT molecular complexity index is 496. The molecule has 0 aromatic heterocycles. The van der Waals surface area contributed by atoms with E-state index in [1.165, 1.54) is 25.0 Å². The van der Waals surface area contributed by atoms with Crippen LogP contribution in [-0.4, -0.2) is 32.7 Å². The molecule has 1 aliphatic carbocycles. The molecule has 2 rings (SSSR count). The lowest BCUT2D eigenvalue weighted by atomic mass is 10.3. The maximum Gasteiger partial charge on any atom is 0.191 e. The topological polar surface area (TPSA) is 45.7 Å². The summed E-state index contributed by atoms with van der Waals surface area (Å²) in [5, 5.41) is 6.30. The zero-order chi connectivity index (χ0) is 15.1. The van der Waals surface area contributed by atoms with Gasteiger partial charge in [-0.15, -0.1) is 24.0 Å². The van der Waals surface area contributed by atoms with E-state index < -0.39 is 11.6 Å². The first kappa shape index (κ1) is 18.9. The van der Waals surface area contributed by atoms with Crippen LogP contribution >= 0.6 is 24.0 Å². The summed E-state index contributed by atoms with van der Waals surface area (Å²) in [7, 11) is 1.70. The number of nitrogens with one attached hydrogen (secondary N) is 2. The lowest BCUT2D eigenvalue weighted by molar-refractivity contribution is 0.304. The fourth-order valence-corrected chi connectivity index (χ4v) is 1.94. The van der Waals surface area contributed by atoms with Gasteiger partial charge in [0, 0.05) is 19.7 Å². The number of hydrogen-bond donors (Lipinski definition) is 2. The van der Waals surface area contributed by atoms with Crippen LogP contribution in [0.4, 0.5) is 8.78 Å². The molecular formula is C15H22F2IN3O. The van der Waals surface area contributed by atoms with Crippen molar-refractivity contribution in [2.45, 2.75) is 19.3 Å². The summed E-state index contributed by atoms with van der Waals surface area (Å²) in [5.41, 5.74) is 0. The van der Waals surface area contributed by atoms with Crippen molar-refractivity contribution in [2.24, 2.45) is 10.9 Å². The van der Waals surface area contributed by atoms with E-state index in [0.29, 0.717) is 12.5 Å². The van der Waals surface area contributed by atoms with Gasteiger partial charge in [-0.3, -0.25) is 4.99 Å². The third-order valence-electron chi connectivity index (χ3n) is 3.31. The van der Waals surface area contributed by atoms with Gasteiger partial charge in [0.25, 0.3) is 0 Å². The van der Waals surface area contributed by atoms with Gasteiger partial charge in [0.2, 0.25) is 0 Å². The minimum absolute atomic E-state index is 0. The van der Waals surface area contributed by atoms with Crippen LogP contribution in [0.5, 0.6) is 5.75 Å². The molecule has 0 heterocycles. The molecule has 0 aliphatic heterocycles. The van der Waals surface area contributed by atoms with E-state index in [2.05, 4.69) is 15.6 Å². The number of nitrogens with zero attached hydrogens (tertiary/aromatic N) is 1. The number of halogens is 3. The van der Waals surface area contributed by atoms with Crippen LogP contribution in [0.3, 0.4) is 0 Å². The van der Waals surface area contributed by atoms with E-state index in [-0.39, 0.29) is 36.3 Å². The average Bonchev–Trinajstić information content (AvgIpc) is 3.27. The van der Waals surface area contributed by atoms with Gasteiger partial charge in [-0.2, -0.15) is 0 Å². The minimum atomic E-state index is -0.693. The molecular weight excluding hydrogens is 403 g/mol. The van der Waals surface area contributed by atoms with Crippen molar-refractivity contribution in [1.82, 2.24) is 10.6 Å². The van der Waals surface area contributed by atoms with Gasteiger partial charge < -0.3 is 15.4 Å². The molecule has 0 amide bonds. The Labute approximate surface area is 146 Å². The monoisotopic (exact) mass is 425 g/mol. The highest BCUT2D eigenvalue weighted by molar-refractivity contribution is 14.0. The highest BCUT2D eigenvalue weighted by Gasteiger charge is 2.20. The zero-order valence-electron chi connectivity index (χ0n) is 12.6. The molecule has 0 bridgehead atoms. The van der Waals surface area contributed by atoms with E-state index in [0.717, 1.165) is 24.9 Å². The lowest BCUT2D eigenvalue weighted by Crippen LogP contribution is -2.39. The summed E-state index contributed by atoms with van der Waals surface area (Å²) < 4.78 is 31.3. The lowest BCUT2D eigenvalue weighted by Gasteiger charge is -2.12. The van der Waals surface area contributed by atoms with Crippen molar-refractivity contribution in [3.05, 3.63) is 29.8 Å². The molecule has 1 fully saturated rings. The standard InChI is InChI=1S/C15H21F2N3O.HI/c1-18-15(19-7-6-11-2-3-11)20-8-9-21-14-5-4-12(16)10-13(14)17;/h4-5,10-11H,2-3,6-9H2,1H3,(H2,18,19,20);1H. The zero-order valence-corrected chi connectivity index (χ0v) is 14.9. The van der Waals surface area contributed by atoms with E-state index in [1.54, 1.807) is 7.05 Å². The molecule has 0 radical (unpaired) electrons. The fraction of sp³-hybridized carbons (Fsp3) is 0.533. The SMILES string of the molecule is CN=C(NCCOc1ccc(F)cc1F)NCCC1CC1.I. The normalized spacial score (nSPS) is 14.2. The van der Waals surface area contributed by atoms with E-state index in [9.17, 15) is 8.78 Å². The first-order valence-corrected chi connectivity index (χ1v) is 7.21. The molecule has 1 aliphatic rings. The Balaban J connectivity index is 0.00000242. The Kier molecular flexibility index (Phi) is 8.44. The summed E-state index contributed by atoms with van der Waals surface area (Å²) in [6.45, 7) is 1.66. The first-order valence-electron chi connectivity index (χ1n) is 7.21. The Morgan fingerprint density at radius 2 is 2.00 bits per heavy atom. The van der Waals surface area contributed by atoms with Crippen molar-refractivity contribution >= 4 is 29.9 Å². The van der Waals surface area contributed by atoms with Crippen LogP contribution in [0.15, 0.2) is 23.2 Å². The molecule has 0 spiro atoms. The van der Waals surface area contributed by atoms with Gasteiger partial charge >= 0.3 is 0 Å². The average molecular weight is 425 g/mol. The Morgan fingerprint density at radius 3 is 2.64 bits per heavy atom. The molecule has 1 aromatic rings. The van der Waals surface area contributed by atoms with Crippen LogP contribution in [0.25, 0.3) is 0 Å². The molecule has 124 valence electrons. The van der Waals surface area contributed by atoms with Crippen molar-refractivity contribution in [3.63, 3.8) is 0 Å². The molecule has 7 heteroatoms. The predicted octanol–water partition coefficient (Wildman–Crippen LogP) is 2.93. The third kappa shape index (κ3) is 6.76. The van der Waals surface area contributed by atoms with Crippen molar-refractivity contribution in [1.29, 1.82) is 0 Å². The van der Waals surface area contributed by atoms with Crippen molar-refractivity contribution in [2.75, 3.05) is 26.7 Å². The van der Waals surface area contributed by atoms with E-state index >= 15 is 0 Å². The summed E-state index contributed by atoms with van der Waals surface area (Å²) >= 11 is 0. The third-order valence-corrected chi connectivity index (χ3v) is 3.31. The maximum absolute atomic E-state index is 13.3. The van der Waals surface area contributed by atoms with Crippen LogP contribution in [0.1, 0.15) is 19.3 Å². The second-order valence-electron chi connectivity index (χ2n) is 5.08. The molecule has 2 N–H and O–H groups in total. The van der Waals surface area contributed by atoms with E-state index in [4.69, 9.17) is 4.74 Å². The van der Waals surface area contributed by atoms with Crippen LogP contribution in [0.2, 0.25) is 0 Å². The van der Waals surface area contributed by atoms with Gasteiger partial charge in [0.1, 0.15) is 12.4 Å². The number of aliphatic imine (C=N–C) groups is 1. The molecule has 4 nitrogen and oxygen atoms in total. The fourth-order valence-electron chi connectivity index (χ4n) is 1.94. The van der Waals surface area contributed by atoms with Gasteiger partial charge in [0.15, 0.2) is 17.5 Å². The van der Waals surface area contributed by atoms with Crippen molar-refractivity contribution in [3.8, 4) is 5.75 Å². The van der Waals surface area contributed by atoms with E-state index in [1.807, 2.05) is 0 Å². The second kappa shape index (κ2) is 9.81. The quantitative estimate of drug-likeness (QED) is 0.306. The predicted molar refractivity (Wildman–Crippen MR) is 94.0 cm³/mol. The smallest absolute Gasteiger partial charge is 0.191 e. The Hall–Kier alpha value is -1.12. The number of benzene rings is 1. The summed E-state index contributed by atoms with van der Waals surface area (Å²) in [6.07, 6.45) is 3.84. The number of ether oxygens (including phenoxy) is 1. The van der Waals surface area contributed by atoms with Gasteiger partial charge in [0.05, 0.1) is 6.54 Å². The molecule has 0 saturated heterocycles. The van der Waals surface area contributed by atoms with Gasteiger partial charge in [-0.05, 0) is 24.5 Å². The summed E-state index contributed by atoms with van der Waals surface area (Å²) in [5.74, 6) is 0.328. The number of guanidine groups is 1. The maximum atomic E-state index is 13.3. The highest BCUT2D eigenvalue weighted by Crippen LogP contribution is 2.31. The summed E-state index contributed by atoms with van der Waals surface area (Å²) in [4.78, 5) is 4.09. The van der Waals surface area contributed by atoms with Crippen LogP contribution in [-0.2, 0) is 0 Å². The molecule has 1 aromatic carbocycles.